The lowest BCUT2D eigenvalue weighted by atomic mass is 9.78. The molecule has 1 saturated heterocycles. The summed E-state index contributed by atoms with van der Waals surface area (Å²) in [6.07, 6.45) is 0. The predicted octanol–water partition coefficient (Wildman–Crippen LogP) is 3.61. The van der Waals surface area contributed by atoms with Crippen molar-refractivity contribution in [3.8, 4) is 0 Å². The molecule has 2 heterocycles. The summed E-state index contributed by atoms with van der Waals surface area (Å²) in [5.41, 5.74) is 1.92. The fourth-order valence-corrected chi connectivity index (χ4v) is 3.75. The van der Waals surface area contributed by atoms with Crippen LogP contribution in [0.15, 0.2) is 29.6 Å². The maximum Gasteiger partial charge on any atom is 0.0345 e. The normalized spacial score (nSPS) is 24.0. The molecule has 1 aliphatic rings. The quantitative estimate of drug-likeness (QED) is 0.790. The van der Waals surface area contributed by atoms with Crippen LogP contribution < -0.4 is 5.32 Å². The molecule has 2 aromatic rings. The summed E-state index contributed by atoms with van der Waals surface area (Å²) in [5, 5.41) is 7.32. The highest BCUT2D eigenvalue weighted by atomic mass is 32.1. The second-order valence-corrected chi connectivity index (χ2v) is 6.27. The summed E-state index contributed by atoms with van der Waals surface area (Å²) in [6, 6.07) is 8.75. The molecule has 1 fully saturated rings. The minimum atomic E-state index is 0.379. The van der Waals surface area contributed by atoms with Gasteiger partial charge in [0.05, 0.1) is 0 Å². The highest BCUT2D eigenvalue weighted by Gasteiger charge is 2.36. The Morgan fingerprint density at radius 3 is 2.88 bits per heavy atom. The van der Waals surface area contributed by atoms with E-state index in [0.29, 0.717) is 11.3 Å². The lowest BCUT2D eigenvalue weighted by Crippen LogP contribution is -2.20. The molecule has 16 heavy (non-hydrogen) atoms. The standard InChI is InChI=1S/C14H17NS/c1-14(2)9-15-7-12(14)11-8-16-13-6-4-3-5-10(11)13/h3-6,8,12,15H,7,9H2,1-2H3/t12-/m1/s1. The van der Waals surface area contributed by atoms with Gasteiger partial charge in [0.15, 0.2) is 0 Å². The monoisotopic (exact) mass is 231 g/mol. The summed E-state index contributed by atoms with van der Waals surface area (Å²) >= 11 is 1.87. The third-order valence-corrected chi connectivity index (χ3v) is 4.74. The van der Waals surface area contributed by atoms with E-state index in [2.05, 4.69) is 48.8 Å². The van der Waals surface area contributed by atoms with E-state index < -0.39 is 0 Å². The Hall–Kier alpha value is -0.860. The van der Waals surface area contributed by atoms with E-state index in [1.54, 1.807) is 0 Å². The van der Waals surface area contributed by atoms with Crippen LogP contribution in [0.4, 0.5) is 0 Å². The van der Waals surface area contributed by atoms with Gasteiger partial charge in [-0.25, -0.2) is 0 Å². The van der Waals surface area contributed by atoms with Gasteiger partial charge in [-0.2, -0.15) is 0 Å². The lowest BCUT2D eigenvalue weighted by Gasteiger charge is -2.25. The molecule has 0 bridgehead atoms. The first kappa shape index (κ1) is 10.3. The number of benzene rings is 1. The van der Waals surface area contributed by atoms with Gasteiger partial charge < -0.3 is 5.32 Å². The van der Waals surface area contributed by atoms with E-state index in [9.17, 15) is 0 Å². The van der Waals surface area contributed by atoms with Crippen molar-refractivity contribution >= 4 is 21.4 Å². The van der Waals surface area contributed by atoms with E-state index in [-0.39, 0.29) is 0 Å². The smallest absolute Gasteiger partial charge is 0.0345 e. The first-order chi connectivity index (χ1) is 7.68. The van der Waals surface area contributed by atoms with Gasteiger partial charge in [0, 0.05) is 23.7 Å². The molecular formula is C14H17NS. The summed E-state index contributed by atoms with van der Waals surface area (Å²) in [6.45, 7) is 6.98. The number of hydrogen-bond acceptors (Lipinski definition) is 2. The first-order valence-corrected chi connectivity index (χ1v) is 6.73. The molecule has 2 heteroatoms. The maximum atomic E-state index is 3.52. The predicted molar refractivity (Wildman–Crippen MR) is 71.2 cm³/mol. The SMILES string of the molecule is CC1(C)CNC[C@@H]1c1csc2ccccc12. The Morgan fingerprint density at radius 1 is 1.31 bits per heavy atom. The summed E-state index contributed by atoms with van der Waals surface area (Å²) in [7, 11) is 0. The molecule has 1 nitrogen and oxygen atoms in total. The van der Waals surface area contributed by atoms with Gasteiger partial charge in [-0.3, -0.25) is 0 Å². The van der Waals surface area contributed by atoms with Crippen molar-refractivity contribution in [3.63, 3.8) is 0 Å². The van der Waals surface area contributed by atoms with Crippen molar-refractivity contribution in [2.24, 2.45) is 5.41 Å². The van der Waals surface area contributed by atoms with Gasteiger partial charge in [-0.1, -0.05) is 32.0 Å². The Labute approximate surface area is 100 Å². The highest BCUT2D eigenvalue weighted by molar-refractivity contribution is 7.17. The molecular weight excluding hydrogens is 214 g/mol. The van der Waals surface area contributed by atoms with Crippen LogP contribution in [0.1, 0.15) is 25.3 Å². The lowest BCUT2D eigenvalue weighted by molar-refractivity contribution is 0.365. The minimum Gasteiger partial charge on any atom is -0.316 e. The topological polar surface area (TPSA) is 12.0 Å². The Balaban J connectivity index is 2.12. The first-order valence-electron chi connectivity index (χ1n) is 5.85. The van der Waals surface area contributed by atoms with Gasteiger partial charge in [0.1, 0.15) is 0 Å². The molecule has 3 rings (SSSR count). The van der Waals surface area contributed by atoms with Crippen molar-refractivity contribution in [2.75, 3.05) is 13.1 Å². The zero-order valence-electron chi connectivity index (χ0n) is 9.79. The molecule has 1 atom stereocenters. The molecule has 0 unspecified atom stereocenters. The van der Waals surface area contributed by atoms with Gasteiger partial charge in [-0.05, 0) is 27.8 Å². The van der Waals surface area contributed by atoms with Crippen molar-refractivity contribution in [1.82, 2.24) is 5.32 Å². The Bertz CT molecular complexity index is 512. The van der Waals surface area contributed by atoms with Crippen molar-refractivity contribution in [1.29, 1.82) is 0 Å². The van der Waals surface area contributed by atoms with Gasteiger partial charge in [0.2, 0.25) is 0 Å². The van der Waals surface area contributed by atoms with Crippen LogP contribution in [0.2, 0.25) is 0 Å². The van der Waals surface area contributed by atoms with Crippen LogP contribution in [0.3, 0.4) is 0 Å². The second-order valence-electron chi connectivity index (χ2n) is 5.36. The summed E-state index contributed by atoms with van der Waals surface area (Å²) in [4.78, 5) is 0. The van der Waals surface area contributed by atoms with Crippen LogP contribution in [-0.2, 0) is 0 Å². The van der Waals surface area contributed by atoms with E-state index in [4.69, 9.17) is 0 Å². The number of nitrogens with one attached hydrogen (secondary N) is 1. The van der Waals surface area contributed by atoms with E-state index in [1.165, 1.54) is 15.6 Å². The van der Waals surface area contributed by atoms with Gasteiger partial charge in [0.25, 0.3) is 0 Å². The summed E-state index contributed by atoms with van der Waals surface area (Å²) < 4.78 is 1.42. The van der Waals surface area contributed by atoms with Crippen molar-refractivity contribution < 1.29 is 0 Å². The zero-order valence-corrected chi connectivity index (χ0v) is 10.6. The molecule has 0 saturated carbocycles. The number of rotatable bonds is 1. The molecule has 0 spiro atoms. The maximum absolute atomic E-state index is 3.52. The third kappa shape index (κ3) is 1.48. The second kappa shape index (κ2) is 3.57. The fourth-order valence-electron chi connectivity index (χ4n) is 2.74. The van der Waals surface area contributed by atoms with Gasteiger partial charge >= 0.3 is 0 Å². The molecule has 0 radical (unpaired) electrons. The van der Waals surface area contributed by atoms with Gasteiger partial charge in [-0.15, -0.1) is 11.3 Å². The van der Waals surface area contributed by atoms with Crippen LogP contribution >= 0.6 is 11.3 Å². The highest BCUT2D eigenvalue weighted by Crippen LogP contribution is 2.42. The van der Waals surface area contributed by atoms with Crippen molar-refractivity contribution in [2.45, 2.75) is 19.8 Å². The number of fused-ring (bicyclic) bond motifs is 1. The third-order valence-electron chi connectivity index (χ3n) is 3.76. The molecule has 1 aromatic carbocycles. The minimum absolute atomic E-state index is 0.379. The summed E-state index contributed by atoms with van der Waals surface area (Å²) in [5.74, 6) is 0.656. The van der Waals surface area contributed by atoms with Crippen molar-refractivity contribution in [3.05, 3.63) is 35.2 Å². The number of hydrogen-bond donors (Lipinski definition) is 1. The fraction of sp³-hybridized carbons (Fsp3) is 0.429. The molecule has 1 aromatic heterocycles. The molecule has 84 valence electrons. The average Bonchev–Trinajstić information content (AvgIpc) is 2.81. The van der Waals surface area contributed by atoms with Crippen LogP contribution in [-0.4, -0.2) is 13.1 Å². The van der Waals surface area contributed by atoms with Crippen LogP contribution in [0.5, 0.6) is 0 Å². The molecule has 0 amide bonds. The largest absolute Gasteiger partial charge is 0.316 e. The average molecular weight is 231 g/mol. The molecule has 1 N–H and O–H groups in total. The zero-order chi connectivity index (χ0) is 11.2. The Morgan fingerprint density at radius 2 is 2.12 bits per heavy atom. The molecule has 0 aliphatic carbocycles. The van der Waals surface area contributed by atoms with Crippen LogP contribution in [0.25, 0.3) is 10.1 Å². The van der Waals surface area contributed by atoms with E-state index >= 15 is 0 Å². The van der Waals surface area contributed by atoms with Crippen LogP contribution in [0, 0.1) is 5.41 Å². The molecule has 1 aliphatic heterocycles. The van der Waals surface area contributed by atoms with E-state index in [1.807, 2.05) is 11.3 Å². The number of thiophene rings is 1. The van der Waals surface area contributed by atoms with E-state index in [0.717, 1.165) is 13.1 Å². The Kier molecular flexibility index (Phi) is 2.30.